The molecule has 2 aromatic heterocycles. The molecule has 0 saturated heterocycles. The quantitative estimate of drug-likeness (QED) is 0.852. The van der Waals surface area contributed by atoms with Gasteiger partial charge in [0.25, 0.3) is 0 Å². The number of rotatable bonds is 3. The van der Waals surface area contributed by atoms with Crippen LogP contribution in [0.2, 0.25) is 5.02 Å². The first-order valence-corrected chi connectivity index (χ1v) is 6.05. The number of thioether (sulfide) groups is 1. The minimum absolute atomic E-state index is 0.544. The molecule has 5 heteroatoms. The molecule has 0 spiro atoms. The number of nitrogens with zero attached hydrogens (tertiary/aromatic N) is 2. The van der Waals surface area contributed by atoms with E-state index >= 15 is 0 Å². The SMILES string of the molecule is Nc1cc(CSc2ccc(Cl)cn2)ccn1. The second kappa shape index (κ2) is 5.18. The lowest BCUT2D eigenvalue weighted by Crippen LogP contribution is -1.91. The van der Waals surface area contributed by atoms with Gasteiger partial charge in [-0.05, 0) is 29.8 Å². The topological polar surface area (TPSA) is 51.8 Å². The number of halogens is 1. The highest BCUT2D eigenvalue weighted by Gasteiger charge is 1.98. The van der Waals surface area contributed by atoms with Crippen LogP contribution in [0, 0.1) is 0 Å². The molecule has 0 amide bonds. The number of hydrogen-bond acceptors (Lipinski definition) is 4. The van der Waals surface area contributed by atoms with Gasteiger partial charge in [0.15, 0.2) is 0 Å². The number of nitrogen functional groups attached to an aromatic ring is 1. The van der Waals surface area contributed by atoms with Gasteiger partial charge in [-0.25, -0.2) is 9.97 Å². The molecule has 0 bridgehead atoms. The van der Waals surface area contributed by atoms with Crippen LogP contribution in [0.1, 0.15) is 5.56 Å². The van der Waals surface area contributed by atoms with E-state index in [1.54, 1.807) is 24.2 Å². The molecule has 0 atom stereocenters. The van der Waals surface area contributed by atoms with Crippen LogP contribution in [0.4, 0.5) is 5.82 Å². The molecule has 2 heterocycles. The Labute approximate surface area is 103 Å². The van der Waals surface area contributed by atoms with E-state index in [2.05, 4.69) is 9.97 Å². The summed E-state index contributed by atoms with van der Waals surface area (Å²) < 4.78 is 0. The van der Waals surface area contributed by atoms with E-state index in [9.17, 15) is 0 Å². The molecule has 2 aromatic rings. The minimum Gasteiger partial charge on any atom is -0.384 e. The summed E-state index contributed by atoms with van der Waals surface area (Å²) in [7, 11) is 0. The fourth-order valence-electron chi connectivity index (χ4n) is 1.19. The molecule has 0 unspecified atom stereocenters. The van der Waals surface area contributed by atoms with Crippen LogP contribution in [0.25, 0.3) is 0 Å². The summed E-state index contributed by atoms with van der Waals surface area (Å²) in [5.74, 6) is 1.36. The Kier molecular flexibility index (Phi) is 3.64. The standard InChI is InChI=1S/C11H10ClN3S/c12-9-1-2-11(15-6-9)16-7-8-3-4-14-10(13)5-8/h1-6H,7H2,(H2,13,14). The van der Waals surface area contributed by atoms with Crippen molar-refractivity contribution >= 4 is 29.2 Å². The van der Waals surface area contributed by atoms with Crippen LogP contribution in [0.15, 0.2) is 41.7 Å². The number of pyridine rings is 2. The minimum atomic E-state index is 0.544. The summed E-state index contributed by atoms with van der Waals surface area (Å²) in [5.41, 5.74) is 6.73. The Morgan fingerprint density at radius 1 is 1.25 bits per heavy atom. The van der Waals surface area contributed by atoms with Crippen molar-refractivity contribution in [3.63, 3.8) is 0 Å². The second-order valence-electron chi connectivity index (χ2n) is 3.19. The summed E-state index contributed by atoms with van der Waals surface area (Å²) in [5, 5.41) is 1.59. The lowest BCUT2D eigenvalue weighted by molar-refractivity contribution is 1.13. The van der Waals surface area contributed by atoms with Crippen molar-refractivity contribution in [3.05, 3.63) is 47.2 Å². The molecule has 0 aromatic carbocycles. The molecule has 0 saturated carbocycles. The molecule has 3 nitrogen and oxygen atoms in total. The third-order valence-corrected chi connectivity index (χ3v) is 3.17. The molecular formula is C11H10ClN3S. The fourth-order valence-corrected chi connectivity index (χ4v) is 2.09. The zero-order valence-corrected chi connectivity index (χ0v) is 10.0. The third kappa shape index (κ3) is 3.12. The monoisotopic (exact) mass is 251 g/mol. The summed E-state index contributed by atoms with van der Waals surface area (Å²) in [4.78, 5) is 8.14. The van der Waals surface area contributed by atoms with Crippen LogP contribution in [0.5, 0.6) is 0 Å². The van der Waals surface area contributed by atoms with Crippen LogP contribution < -0.4 is 5.73 Å². The van der Waals surface area contributed by atoms with Crippen molar-refractivity contribution in [1.82, 2.24) is 9.97 Å². The van der Waals surface area contributed by atoms with Gasteiger partial charge >= 0.3 is 0 Å². The van der Waals surface area contributed by atoms with Gasteiger partial charge in [0.2, 0.25) is 0 Å². The van der Waals surface area contributed by atoms with Crippen LogP contribution in [0.3, 0.4) is 0 Å². The molecule has 2 rings (SSSR count). The van der Waals surface area contributed by atoms with Gasteiger partial charge in [-0.15, -0.1) is 11.8 Å². The average molecular weight is 252 g/mol. The van der Waals surface area contributed by atoms with E-state index in [0.717, 1.165) is 16.3 Å². The Morgan fingerprint density at radius 2 is 2.12 bits per heavy atom. The molecular weight excluding hydrogens is 242 g/mol. The first-order valence-electron chi connectivity index (χ1n) is 4.69. The van der Waals surface area contributed by atoms with Gasteiger partial charge in [-0.3, -0.25) is 0 Å². The van der Waals surface area contributed by atoms with Crippen molar-refractivity contribution < 1.29 is 0 Å². The van der Waals surface area contributed by atoms with Crippen molar-refractivity contribution in [2.75, 3.05) is 5.73 Å². The van der Waals surface area contributed by atoms with Crippen LogP contribution in [-0.2, 0) is 5.75 Å². The predicted octanol–water partition coefficient (Wildman–Crippen LogP) is 3.00. The smallest absolute Gasteiger partial charge is 0.123 e. The number of nitrogens with two attached hydrogens (primary N) is 1. The molecule has 0 aliphatic rings. The van der Waals surface area contributed by atoms with E-state index < -0.39 is 0 Å². The van der Waals surface area contributed by atoms with Crippen molar-refractivity contribution in [2.24, 2.45) is 0 Å². The Bertz CT molecular complexity index is 473. The zero-order valence-electron chi connectivity index (χ0n) is 8.43. The van der Waals surface area contributed by atoms with Crippen molar-refractivity contribution in [3.8, 4) is 0 Å². The Balaban J connectivity index is 1.99. The van der Waals surface area contributed by atoms with Gasteiger partial charge < -0.3 is 5.73 Å². The molecule has 2 N–H and O–H groups in total. The molecule has 0 radical (unpaired) electrons. The van der Waals surface area contributed by atoms with Gasteiger partial charge in [-0.2, -0.15) is 0 Å². The molecule has 0 aliphatic carbocycles. The maximum atomic E-state index is 5.75. The highest BCUT2D eigenvalue weighted by Crippen LogP contribution is 2.22. The van der Waals surface area contributed by atoms with E-state index in [4.69, 9.17) is 17.3 Å². The molecule has 82 valence electrons. The van der Waals surface area contributed by atoms with Crippen LogP contribution >= 0.6 is 23.4 Å². The average Bonchev–Trinajstić information content (AvgIpc) is 2.28. The van der Waals surface area contributed by atoms with E-state index in [1.165, 1.54) is 0 Å². The highest BCUT2D eigenvalue weighted by atomic mass is 35.5. The predicted molar refractivity (Wildman–Crippen MR) is 67.5 cm³/mol. The zero-order chi connectivity index (χ0) is 11.4. The molecule has 0 fully saturated rings. The number of hydrogen-bond donors (Lipinski definition) is 1. The van der Waals surface area contributed by atoms with Gasteiger partial charge in [0, 0.05) is 18.1 Å². The highest BCUT2D eigenvalue weighted by molar-refractivity contribution is 7.98. The van der Waals surface area contributed by atoms with E-state index in [0.29, 0.717) is 10.8 Å². The molecule has 0 aliphatic heterocycles. The van der Waals surface area contributed by atoms with Gasteiger partial charge in [0.05, 0.1) is 10.0 Å². The van der Waals surface area contributed by atoms with Gasteiger partial charge in [0.1, 0.15) is 5.82 Å². The first-order chi connectivity index (χ1) is 7.74. The number of anilines is 1. The summed E-state index contributed by atoms with van der Waals surface area (Å²) >= 11 is 7.39. The largest absolute Gasteiger partial charge is 0.384 e. The summed E-state index contributed by atoms with van der Waals surface area (Å²) in [6, 6.07) is 7.54. The fraction of sp³-hybridized carbons (Fsp3) is 0.0909. The maximum absolute atomic E-state index is 5.75. The lowest BCUT2D eigenvalue weighted by Gasteiger charge is -2.01. The van der Waals surface area contributed by atoms with Crippen molar-refractivity contribution in [2.45, 2.75) is 10.8 Å². The molecule has 16 heavy (non-hydrogen) atoms. The maximum Gasteiger partial charge on any atom is 0.123 e. The first kappa shape index (κ1) is 11.2. The Morgan fingerprint density at radius 3 is 2.81 bits per heavy atom. The summed E-state index contributed by atoms with van der Waals surface area (Å²) in [6.45, 7) is 0. The van der Waals surface area contributed by atoms with E-state index in [1.807, 2.05) is 24.3 Å². The van der Waals surface area contributed by atoms with Crippen molar-refractivity contribution in [1.29, 1.82) is 0 Å². The summed E-state index contributed by atoms with van der Waals surface area (Å²) in [6.07, 6.45) is 3.35. The lowest BCUT2D eigenvalue weighted by atomic mass is 10.3. The normalized spacial score (nSPS) is 10.3. The van der Waals surface area contributed by atoms with Gasteiger partial charge in [-0.1, -0.05) is 11.6 Å². The second-order valence-corrected chi connectivity index (χ2v) is 4.62. The number of aromatic nitrogens is 2. The van der Waals surface area contributed by atoms with Crippen LogP contribution in [-0.4, -0.2) is 9.97 Å². The Hall–Kier alpha value is -1.26. The van der Waals surface area contributed by atoms with E-state index in [-0.39, 0.29) is 0 Å². The third-order valence-electron chi connectivity index (χ3n) is 1.93.